The second kappa shape index (κ2) is 6.42. The van der Waals surface area contributed by atoms with Gasteiger partial charge in [0.1, 0.15) is 9.71 Å². The summed E-state index contributed by atoms with van der Waals surface area (Å²) in [6, 6.07) is 12.3. The first-order valence-corrected chi connectivity index (χ1v) is 9.86. The van der Waals surface area contributed by atoms with Crippen molar-refractivity contribution in [1.82, 2.24) is 10.3 Å². The molecule has 0 bridgehead atoms. The van der Waals surface area contributed by atoms with Crippen LogP contribution in [0.25, 0.3) is 21.5 Å². The lowest BCUT2D eigenvalue weighted by molar-refractivity contribution is -0.765. The third-order valence-corrected chi connectivity index (χ3v) is 5.92. The molecule has 5 rings (SSSR count). The van der Waals surface area contributed by atoms with Crippen LogP contribution in [0.5, 0.6) is 0 Å². The van der Waals surface area contributed by atoms with Crippen LogP contribution in [0.4, 0.5) is 11.6 Å². The summed E-state index contributed by atoms with van der Waals surface area (Å²) in [5.74, 6) is -0.0126. The molecular weight excluding hydrogens is 374 g/mol. The van der Waals surface area contributed by atoms with E-state index in [9.17, 15) is 4.79 Å². The van der Waals surface area contributed by atoms with Gasteiger partial charge in [0, 0.05) is 23.8 Å². The van der Waals surface area contributed by atoms with E-state index in [4.69, 9.17) is 15.2 Å². The highest BCUT2D eigenvalue weighted by Crippen LogP contribution is 2.36. The van der Waals surface area contributed by atoms with E-state index in [2.05, 4.69) is 10.6 Å². The maximum Gasteiger partial charge on any atom is 0.302 e. The van der Waals surface area contributed by atoms with Crippen LogP contribution >= 0.6 is 11.3 Å². The van der Waals surface area contributed by atoms with Crippen molar-refractivity contribution in [3.63, 3.8) is 0 Å². The number of thiophene rings is 1. The fraction of sp³-hybridized carbons (Fsp3) is 0.200. The summed E-state index contributed by atoms with van der Waals surface area (Å²) >= 11 is 1.28. The molecule has 4 aromatic rings. The van der Waals surface area contributed by atoms with E-state index in [0.717, 1.165) is 39.9 Å². The number of nitrogens with one attached hydrogen (secondary N) is 1. The summed E-state index contributed by atoms with van der Waals surface area (Å²) in [5, 5.41) is 7.46. The quantitative estimate of drug-likeness (QED) is 0.516. The number of hydrogen-bond acceptors (Lipinski definition) is 6. The highest BCUT2D eigenvalue weighted by Gasteiger charge is 2.36. The Morgan fingerprint density at radius 3 is 2.86 bits per heavy atom. The van der Waals surface area contributed by atoms with Crippen LogP contribution in [-0.2, 0) is 0 Å². The van der Waals surface area contributed by atoms with Crippen LogP contribution in [0.2, 0.25) is 0 Å². The van der Waals surface area contributed by atoms with Crippen molar-refractivity contribution in [2.24, 2.45) is 0 Å². The van der Waals surface area contributed by atoms with Gasteiger partial charge >= 0.3 is 5.88 Å². The van der Waals surface area contributed by atoms with Crippen LogP contribution in [0.15, 0.2) is 47.1 Å². The molecule has 28 heavy (non-hydrogen) atoms. The zero-order valence-electron chi connectivity index (χ0n) is 15.2. The Morgan fingerprint density at radius 1 is 1.32 bits per heavy atom. The Labute approximate surface area is 164 Å². The second-order valence-corrected chi connectivity index (χ2v) is 7.95. The van der Waals surface area contributed by atoms with Gasteiger partial charge in [-0.2, -0.15) is 0 Å². The molecule has 0 spiro atoms. The molecule has 140 valence electrons. The number of carbonyl (C=O) groups is 1. The van der Waals surface area contributed by atoms with E-state index in [-0.39, 0.29) is 5.91 Å². The number of hydrogen-bond donors (Lipinski definition) is 2. The number of aryl methyl sites for hydroxylation is 1. The molecule has 0 unspecified atom stereocenters. The van der Waals surface area contributed by atoms with E-state index in [1.54, 1.807) is 10.9 Å². The van der Waals surface area contributed by atoms with Crippen molar-refractivity contribution in [1.29, 1.82) is 0 Å². The Bertz CT molecular complexity index is 1190. The van der Waals surface area contributed by atoms with Crippen LogP contribution < -0.4 is 15.7 Å². The predicted octanol–water partition coefficient (Wildman–Crippen LogP) is 3.72. The van der Waals surface area contributed by atoms with Gasteiger partial charge in [0.05, 0.1) is 11.4 Å². The normalized spacial score (nSPS) is 13.8. The van der Waals surface area contributed by atoms with Crippen LogP contribution in [0, 0.1) is 6.92 Å². The highest BCUT2D eigenvalue weighted by molar-refractivity contribution is 7.21. The topological polar surface area (TPSA) is 97.9 Å². The lowest BCUT2D eigenvalue weighted by atomic mass is 10.1. The number of rotatable bonds is 4. The first kappa shape index (κ1) is 16.9. The van der Waals surface area contributed by atoms with Gasteiger partial charge in [-0.25, -0.2) is 4.98 Å². The summed E-state index contributed by atoms with van der Waals surface area (Å²) in [5.41, 5.74) is 9.64. The molecule has 3 heterocycles. The third-order valence-electron chi connectivity index (χ3n) is 4.81. The van der Waals surface area contributed by atoms with Crippen LogP contribution in [-0.4, -0.2) is 16.2 Å². The third kappa shape index (κ3) is 2.91. The van der Waals surface area contributed by atoms with Gasteiger partial charge in [0.2, 0.25) is 5.27 Å². The molecular formula is C20H18N5O2S+. The summed E-state index contributed by atoms with van der Waals surface area (Å²) in [4.78, 5) is 18.7. The minimum atomic E-state index is -0.321. The number of pyridine rings is 1. The summed E-state index contributed by atoms with van der Waals surface area (Å²) in [7, 11) is 0. The van der Waals surface area contributed by atoms with Crippen molar-refractivity contribution < 1.29 is 14.0 Å². The molecule has 1 saturated carbocycles. The predicted molar refractivity (Wildman–Crippen MR) is 107 cm³/mol. The standard InChI is InChI=1S/C20H17N5O2S/c1-11-9-14-16(21)18(19(26)22-15-10-25(24-27-15)13-7-8-13)28-20(14)23-17(11)12-5-3-2-4-6-12/h2-6,9-10,13H,7-8H2,1H3,(H2-,21,22,24,26)/p+1. The van der Waals surface area contributed by atoms with Crippen molar-refractivity contribution in [2.75, 3.05) is 11.1 Å². The van der Waals surface area contributed by atoms with Gasteiger partial charge in [-0.05, 0) is 23.2 Å². The number of nitrogens with two attached hydrogens (primary N) is 1. The SMILES string of the molecule is Cc1cc2c(N)c(C(=O)Nc3c[n+](C4CC4)no3)sc2nc1-c1ccccc1. The van der Waals surface area contributed by atoms with E-state index >= 15 is 0 Å². The molecule has 0 saturated heterocycles. The number of amides is 1. The maximum absolute atomic E-state index is 12.7. The molecule has 1 amide bonds. The minimum Gasteiger partial charge on any atom is -0.397 e. The van der Waals surface area contributed by atoms with Crippen molar-refractivity contribution in [3.8, 4) is 11.3 Å². The minimum absolute atomic E-state index is 0.308. The molecule has 0 atom stereocenters. The molecule has 8 heteroatoms. The molecule has 1 fully saturated rings. The summed E-state index contributed by atoms with van der Waals surface area (Å²) in [6.45, 7) is 2.00. The lowest BCUT2D eigenvalue weighted by Crippen LogP contribution is -2.32. The van der Waals surface area contributed by atoms with Crippen molar-refractivity contribution in [3.05, 3.63) is 53.0 Å². The molecule has 7 nitrogen and oxygen atoms in total. The van der Waals surface area contributed by atoms with E-state index < -0.39 is 0 Å². The number of carbonyl (C=O) groups excluding carboxylic acids is 1. The number of anilines is 2. The smallest absolute Gasteiger partial charge is 0.302 e. The Hall–Kier alpha value is -3.26. The van der Waals surface area contributed by atoms with Gasteiger partial charge in [0.25, 0.3) is 12.1 Å². The molecule has 1 aromatic carbocycles. The number of nitrogen functional groups attached to an aromatic ring is 1. The maximum atomic E-state index is 12.7. The van der Waals surface area contributed by atoms with Crippen molar-refractivity contribution in [2.45, 2.75) is 25.8 Å². The molecule has 1 aliphatic carbocycles. The van der Waals surface area contributed by atoms with Crippen molar-refractivity contribution >= 4 is 39.0 Å². The van der Waals surface area contributed by atoms with E-state index in [1.165, 1.54) is 11.3 Å². The zero-order chi connectivity index (χ0) is 19.3. The number of nitrogens with zero attached hydrogens (tertiary/aromatic N) is 3. The Kier molecular flexibility index (Phi) is 3.87. The van der Waals surface area contributed by atoms with Gasteiger partial charge < -0.3 is 5.73 Å². The number of benzene rings is 1. The first-order valence-electron chi connectivity index (χ1n) is 9.04. The van der Waals surface area contributed by atoms with Gasteiger partial charge in [0.15, 0.2) is 6.04 Å². The fourth-order valence-corrected chi connectivity index (χ4v) is 4.16. The van der Waals surface area contributed by atoms with Gasteiger partial charge in [-0.15, -0.1) is 11.3 Å². The monoisotopic (exact) mass is 392 g/mol. The second-order valence-electron chi connectivity index (χ2n) is 6.95. The zero-order valence-corrected chi connectivity index (χ0v) is 16.0. The van der Waals surface area contributed by atoms with E-state index in [0.29, 0.717) is 22.5 Å². The average Bonchev–Trinajstić information content (AvgIpc) is 3.37. The Morgan fingerprint density at radius 2 is 2.11 bits per heavy atom. The van der Waals surface area contributed by atoms with Crippen LogP contribution in [0.1, 0.15) is 34.1 Å². The first-order chi connectivity index (χ1) is 13.6. The molecule has 0 aliphatic heterocycles. The molecule has 0 radical (unpaired) electrons. The molecule has 3 aromatic heterocycles. The fourth-order valence-electron chi connectivity index (χ4n) is 3.19. The summed E-state index contributed by atoms with van der Waals surface area (Å²) < 4.78 is 6.93. The molecule has 1 aliphatic rings. The summed E-state index contributed by atoms with van der Waals surface area (Å²) in [6.07, 6.45) is 3.88. The number of fused-ring (bicyclic) bond motifs is 1. The van der Waals surface area contributed by atoms with Gasteiger partial charge in [-0.1, -0.05) is 30.3 Å². The Balaban J connectivity index is 1.49. The van der Waals surface area contributed by atoms with Gasteiger partial charge in [-0.3, -0.25) is 14.6 Å². The number of aromatic nitrogens is 3. The largest absolute Gasteiger partial charge is 0.397 e. The molecule has 3 N–H and O–H groups in total. The highest BCUT2D eigenvalue weighted by atomic mass is 32.1. The lowest BCUT2D eigenvalue weighted by Gasteiger charge is -2.05. The van der Waals surface area contributed by atoms with E-state index in [1.807, 2.05) is 43.3 Å². The van der Waals surface area contributed by atoms with Crippen LogP contribution in [0.3, 0.4) is 0 Å². The average molecular weight is 392 g/mol.